The first-order valence-electron chi connectivity index (χ1n) is 10.1. The van der Waals surface area contributed by atoms with Crippen LogP contribution in [0.2, 0.25) is 0 Å². The van der Waals surface area contributed by atoms with Crippen LogP contribution in [0.4, 0.5) is 0 Å². The van der Waals surface area contributed by atoms with Crippen molar-refractivity contribution in [3.8, 4) is 0 Å². The van der Waals surface area contributed by atoms with Gasteiger partial charge in [-0.3, -0.25) is 9.59 Å². The summed E-state index contributed by atoms with van der Waals surface area (Å²) in [4.78, 5) is 25.3. The second kappa shape index (κ2) is 8.98. The molecule has 2 aliphatic rings. The van der Waals surface area contributed by atoms with Crippen molar-refractivity contribution in [1.82, 2.24) is 5.32 Å². The van der Waals surface area contributed by atoms with Crippen LogP contribution in [-0.4, -0.2) is 36.0 Å². The van der Waals surface area contributed by atoms with Crippen molar-refractivity contribution < 1.29 is 19.1 Å². The van der Waals surface area contributed by atoms with E-state index in [1.165, 1.54) is 19.3 Å². The van der Waals surface area contributed by atoms with E-state index < -0.39 is 11.6 Å². The Bertz CT molecular complexity index is 641. The number of carbonyl (C=O) groups is 2. The van der Waals surface area contributed by atoms with Gasteiger partial charge in [0.15, 0.2) is 5.78 Å². The van der Waals surface area contributed by atoms with Crippen molar-refractivity contribution >= 4 is 11.7 Å². The third kappa shape index (κ3) is 4.96. The quantitative estimate of drug-likeness (QED) is 0.795. The number of hydrogen-bond acceptors (Lipinski definition) is 4. The summed E-state index contributed by atoms with van der Waals surface area (Å²) in [6.45, 7) is 4.02. The number of ether oxygens (including phenoxy) is 2. The summed E-state index contributed by atoms with van der Waals surface area (Å²) in [5, 5.41) is 2.94. The maximum Gasteiger partial charge on any atom is 0.250 e. The van der Waals surface area contributed by atoms with Crippen LogP contribution in [-0.2, 0) is 25.7 Å². The number of rotatable bonds is 7. The second-order valence-corrected chi connectivity index (χ2v) is 8.09. The van der Waals surface area contributed by atoms with Crippen LogP contribution >= 0.6 is 0 Å². The van der Waals surface area contributed by atoms with Crippen LogP contribution in [0.1, 0.15) is 57.9 Å². The zero-order chi connectivity index (χ0) is 19.3. The van der Waals surface area contributed by atoms with Gasteiger partial charge < -0.3 is 14.8 Å². The van der Waals surface area contributed by atoms with Gasteiger partial charge in [0.25, 0.3) is 0 Å². The Morgan fingerprint density at radius 2 is 1.96 bits per heavy atom. The lowest BCUT2D eigenvalue weighted by Crippen LogP contribution is -2.58. The highest BCUT2D eigenvalue weighted by molar-refractivity contribution is 5.96. The Morgan fingerprint density at radius 1 is 1.26 bits per heavy atom. The van der Waals surface area contributed by atoms with Gasteiger partial charge in [-0.15, -0.1) is 0 Å². The zero-order valence-corrected chi connectivity index (χ0v) is 16.4. The fourth-order valence-electron chi connectivity index (χ4n) is 4.00. The summed E-state index contributed by atoms with van der Waals surface area (Å²) < 4.78 is 11.5. The molecule has 1 saturated carbocycles. The molecule has 5 heteroatoms. The van der Waals surface area contributed by atoms with E-state index in [4.69, 9.17) is 9.47 Å². The minimum absolute atomic E-state index is 0.0517. The minimum Gasteiger partial charge on any atom is -0.368 e. The number of hydrogen-bond donors (Lipinski definition) is 1. The van der Waals surface area contributed by atoms with Gasteiger partial charge >= 0.3 is 0 Å². The summed E-state index contributed by atoms with van der Waals surface area (Å²) >= 11 is 0. The molecule has 1 aromatic rings. The molecule has 0 radical (unpaired) electrons. The molecule has 0 aromatic heterocycles. The summed E-state index contributed by atoms with van der Waals surface area (Å²) in [7, 11) is 0. The summed E-state index contributed by atoms with van der Waals surface area (Å²) in [6, 6.07) is 9.88. The van der Waals surface area contributed by atoms with Crippen molar-refractivity contribution in [3.05, 3.63) is 35.9 Å². The Hall–Kier alpha value is -1.72. The molecule has 1 amide bonds. The molecule has 0 bridgehead atoms. The highest BCUT2D eigenvalue weighted by atomic mass is 16.5. The van der Waals surface area contributed by atoms with E-state index in [-0.39, 0.29) is 24.4 Å². The molecule has 3 atom stereocenters. The molecule has 1 saturated heterocycles. The largest absolute Gasteiger partial charge is 0.368 e. The van der Waals surface area contributed by atoms with Gasteiger partial charge in [-0.05, 0) is 31.7 Å². The van der Waals surface area contributed by atoms with E-state index in [1.54, 1.807) is 6.92 Å². The summed E-state index contributed by atoms with van der Waals surface area (Å²) in [6.07, 6.45) is 5.83. The van der Waals surface area contributed by atoms with E-state index in [0.717, 1.165) is 18.4 Å². The van der Waals surface area contributed by atoms with Gasteiger partial charge in [-0.2, -0.15) is 0 Å². The molecule has 1 aliphatic carbocycles. The van der Waals surface area contributed by atoms with Crippen molar-refractivity contribution in [1.29, 1.82) is 0 Å². The Morgan fingerprint density at radius 3 is 2.59 bits per heavy atom. The molecular weight excluding hydrogens is 342 g/mol. The van der Waals surface area contributed by atoms with Gasteiger partial charge in [-0.1, -0.05) is 62.4 Å². The highest BCUT2D eigenvalue weighted by Crippen LogP contribution is 2.29. The van der Waals surface area contributed by atoms with Crippen LogP contribution in [0.3, 0.4) is 0 Å². The van der Waals surface area contributed by atoms with Crippen LogP contribution < -0.4 is 5.32 Å². The van der Waals surface area contributed by atoms with Crippen LogP contribution in [0.25, 0.3) is 0 Å². The van der Waals surface area contributed by atoms with E-state index in [0.29, 0.717) is 18.9 Å². The van der Waals surface area contributed by atoms with Gasteiger partial charge in [-0.25, -0.2) is 0 Å². The number of benzene rings is 1. The fourth-order valence-corrected chi connectivity index (χ4v) is 4.00. The normalized spacial score (nSPS) is 27.5. The molecule has 148 valence electrons. The Kier molecular flexibility index (Phi) is 6.66. The molecule has 3 rings (SSSR count). The van der Waals surface area contributed by atoms with E-state index >= 15 is 0 Å². The van der Waals surface area contributed by atoms with Crippen molar-refractivity contribution in [2.45, 2.75) is 76.7 Å². The maximum absolute atomic E-state index is 13.0. The lowest BCUT2D eigenvalue weighted by atomic mass is 9.85. The fraction of sp³-hybridized carbons (Fsp3) is 0.636. The topological polar surface area (TPSA) is 64.6 Å². The molecule has 1 heterocycles. The first kappa shape index (κ1) is 20.0. The number of Topliss-reactive ketones (excluding diaryl/α,β-unsaturated/α-hetero) is 1. The predicted molar refractivity (Wildman–Crippen MR) is 103 cm³/mol. The molecule has 27 heavy (non-hydrogen) atoms. The number of ketones is 1. The first-order valence-corrected chi connectivity index (χ1v) is 10.1. The Balaban J connectivity index is 1.67. The lowest BCUT2D eigenvalue weighted by Gasteiger charge is -2.31. The molecule has 1 aliphatic heterocycles. The molecule has 1 aromatic carbocycles. The average Bonchev–Trinajstić information content (AvgIpc) is 2.93. The third-order valence-electron chi connectivity index (χ3n) is 6.10. The maximum atomic E-state index is 13.0. The van der Waals surface area contributed by atoms with Crippen molar-refractivity contribution in [3.63, 3.8) is 0 Å². The van der Waals surface area contributed by atoms with E-state index in [1.807, 2.05) is 37.3 Å². The molecule has 5 nitrogen and oxygen atoms in total. The van der Waals surface area contributed by atoms with Gasteiger partial charge in [0.1, 0.15) is 18.2 Å². The van der Waals surface area contributed by atoms with Crippen molar-refractivity contribution in [2.24, 2.45) is 5.92 Å². The van der Waals surface area contributed by atoms with Crippen molar-refractivity contribution in [2.75, 3.05) is 6.61 Å². The number of amides is 1. The molecule has 0 spiro atoms. The standard InChI is InChI=1S/C22H31NO4/c1-16-22(2,20(24)15-26-16)23-21(25)19(13-17-9-5-3-6-10-17)27-14-18-11-7-4-8-12-18/h4,7-8,11-12,16-17,19H,3,5-6,9-10,13-15H2,1-2H3,(H,23,25)/t16-,19?,22-/m1/s1. The summed E-state index contributed by atoms with van der Waals surface area (Å²) in [5.41, 5.74) is 0.0664. The SMILES string of the molecule is C[C@H]1OCC(=O)[C@]1(C)NC(=O)C(CC1CCCCC1)OCc1ccccc1. The van der Waals surface area contributed by atoms with E-state index in [9.17, 15) is 9.59 Å². The highest BCUT2D eigenvalue weighted by Gasteiger charge is 2.47. The van der Waals surface area contributed by atoms with E-state index in [2.05, 4.69) is 5.32 Å². The molecule has 1 N–H and O–H groups in total. The second-order valence-electron chi connectivity index (χ2n) is 8.09. The molecule has 2 fully saturated rings. The Labute approximate surface area is 161 Å². The third-order valence-corrected chi connectivity index (χ3v) is 6.10. The number of nitrogens with one attached hydrogen (secondary N) is 1. The zero-order valence-electron chi connectivity index (χ0n) is 16.4. The van der Waals surface area contributed by atoms with Gasteiger partial charge in [0, 0.05) is 0 Å². The molecular formula is C22H31NO4. The minimum atomic E-state index is -0.974. The van der Waals surface area contributed by atoms with Crippen LogP contribution in [0.15, 0.2) is 30.3 Å². The first-order chi connectivity index (χ1) is 13.0. The monoisotopic (exact) mass is 373 g/mol. The predicted octanol–water partition coefficient (Wildman–Crippen LogP) is 3.40. The summed E-state index contributed by atoms with van der Waals surface area (Å²) in [5.74, 6) is 0.221. The van der Waals surface area contributed by atoms with Gasteiger partial charge in [0.05, 0.1) is 12.7 Å². The average molecular weight is 373 g/mol. The lowest BCUT2D eigenvalue weighted by molar-refractivity contribution is -0.140. The van der Waals surface area contributed by atoms with Gasteiger partial charge in [0.2, 0.25) is 5.91 Å². The number of carbonyl (C=O) groups excluding carboxylic acids is 2. The molecule has 1 unspecified atom stereocenters. The van der Waals surface area contributed by atoms with Crippen LogP contribution in [0, 0.1) is 5.92 Å². The smallest absolute Gasteiger partial charge is 0.250 e. The van der Waals surface area contributed by atoms with Crippen LogP contribution in [0.5, 0.6) is 0 Å².